The fraction of sp³-hybridized carbons (Fsp3) is 0.231. The Morgan fingerprint density at radius 2 is 2.05 bits per heavy atom. The number of esters is 1. The topological polar surface area (TPSA) is 46.6 Å². The third kappa shape index (κ3) is 3.56. The minimum atomic E-state index is -0.601. The molecule has 0 spiro atoms. The van der Waals surface area contributed by atoms with Crippen molar-refractivity contribution >= 4 is 35.0 Å². The summed E-state index contributed by atoms with van der Waals surface area (Å²) in [5.41, 5.74) is 0.215. The molecule has 1 heterocycles. The quantitative estimate of drug-likeness (QED) is 0.788. The molecule has 0 fully saturated rings. The minimum absolute atomic E-state index is 0.0984. The molecule has 1 aromatic rings. The molecule has 0 saturated carbocycles. The molecule has 0 atom stereocenters. The molecule has 1 aliphatic heterocycles. The van der Waals surface area contributed by atoms with E-state index in [4.69, 9.17) is 27.9 Å². The lowest BCUT2D eigenvalue weighted by Gasteiger charge is -2.21. The van der Waals surface area contributed by atoms with Gasteiger partial charge in [-0.05, 0) is 25.2 Å². The Balaban J connectivity index is 2.15. The maximum atomic E-state index is 11.9. The van der Waals surface area contributed by atoms with Crippen LogP contribution in [0.15, 0.2) is 30.0 Å². The van der Waals surface area contributed by atoms with Crippen LogP contribution in [0, 0.1) is 0 Å². The molecule has 6 heteroatoms. The number of hydrogen-bond donors (Lipinski definition) is 0. The molecule has 19 heavy (non-hydrogen) atoms. The Morgan fingerprint density at radius 3 is 2.68 bits per heavy atom. The predicted molar refractivity (Wildman–Crippen MR) is 72.5 cm³/mol. The lowest BCUT2D eigenvalue weighted by atomic mass is 10.2. The number of nitrogens with zero attached hydrogens (tertiary/aromatic N) is 1. The van der Waals surface area contributed by atoms with Gasteiger partial charge in [-0.2, -0.15) is 0 Å². The van der Waals surface area contributed by atoms with Crippen LogP contribution < -0.4 is 0 Å². The first-order valence-corrected chi connectivity index (χ1v) is 6.30. The van der Waals surface area contributed by atoms with Crippen LogP contribution in [0.2, 0.25) is 10.0 Å². The number of carbonyl (C=O) groups excluding carboxylic acids is 2. The van der Waals surface area contributed by atoms with Gasteiger partial charge in [0, 0.05) is 11.1 Å². The molecule has 100 valence electrons. The lowest BCUT2D eigenvalue weighted by molar-refractivity contribution is -0.116. The van der Waals surface area contributed by atoms with Crippen LogP contribution in [0.1, 0.15) is 10.4 Å². The highest BCUT2D eigenvalue weighted by molar-refractivity contribution is 6.36. The first-order chi connectivity index (χ1) is 8.95. The van der Waals surface area contributed by atoms with E-state index in [0.29, 0.717) is 23.9 Å². The Labute approximate surface area is 120 Å². The van der Waals surface area contributed by atoms with Crippen molar-refractivity contribution in [3.63, 3.8) is 0 Å². The summed E-state index contributed by atoms with van der Waals surface area (Å²) in [5.74, 6) is -0.385. The summed E-state index contributed by atoms with van der Waals surface area (Å²) >= 11 is 11.7. The summed E-state index contributed by atoms with van der Waals surface area (Å²) in [6.45, 7) is 0.728. The van der Waals surface area contributed by atoms with Gasteiger partial charge in [-0.1, -0.05) is 23.2 Å². The first kappa shape index (κ1) is 14.1. The van der Waals surface area contributed by atoms with Crippen LogP contribution in [0.3, 0.4) is 0 Å². The van der Waals surface area contributed by atoms with Gasteiger partial charge in [0.2, 0.25) is 0 Å². The monoisotopic (exact) mass is 299 g/mol. The number of ether oxygens (including phenoxy) is 1. The van der Waals surface area contributed by atoms with E-state index in [1.54, 1.807) is 18.0 Å². The van der Waals surface area contributed by atoms with Crippen LogP contribution in [0.5, 0.6) is 0 Å². The van der Waals surface area contributed by atoms with E-state index in [1.165, 1.54) is 18.2 Å². The second-order valence-corrected chi connectivity index (χ2v) is 5.11. The first-order valence-electron chi connectivity index (χ1n) is 5.55. The van der Waals surface area contributed by atoms with Gasteiger partial charge in [-0.25, -0.2) is 4.79 Å². The summed E-state index contributed by atoms with van der Waals surface area (Å²) in [7, 11) is 1.77. The molecule has 0 N–H and O–H groups in total. The SMILES string of the molecule is CN1CC(=O)C=C(OC(=O)c2ccc(Cl)cc2Cl)C1. The zero-order valence-corrected chi connectivity index (χ0v) is 11.7. The Bertz CT molecular complexity index is 569. The third-order valence-corrected chi connectivity index (χ3v) is 3.10. The molecule has 2 rings (SSSR count). The van der Waals surface area contributed by atoms with Crippen molar-refractivity contribution < 1.29 is 14.3 Å². The van der Waals surface area contributed by atoms with Gasteiger partial charge in [-0.15, -0.1) is 0 Å². The number of rotatable bonds is 2. The van der Waals surface area contributed by atoms with Crippen molar-refractivity contribution in [2.24, 2.45) is 0 Å². The van der Waals surface area contributed by atoms with Gasteiger partial charge in [-0.3, -0.25) is 9.69 Å². The molecule has 0 unspecified atom stereocenters. The van der Waals surface area contributed by atoms with E-state index >= 15 is 0 Å². The zero-order valence-electron chi connectivity index (χ0n) is 10.2. The largest absolute Gasteiger partial charge is 0.426 e. The predicted octanol–water partition coefficient (Wildman–Crippen LogP) is 2.55. The van der Waals surface area contributed by atoms with Crippen LogP contribution in [0.25, 0.3) is 0 Å². The number of benzene rings is 1. The Kier molecular flexibility index (Phi) is 4.24. The van der Waals surface area contributed by atoms with E-state index in [9.17, 15) is 9.59 Å². The van der Waals surface area contributed by atoms with E-state index in [2.05, 4.69) is 0 Å². The highest BCUT2D eigenvalue weighted by atomic mass is 35.5. The van der Waals surface area contributed by atoms with E-state index in [1.807, 2.05) is 0 Å². The molecule has 0 aliphatic carbocycles. The molecule has 0 aromatic heterocycles. The molecule has 4 nitrogen and oxygen atoms in total. The van der Waals surface area contributed by atoms with Gasteiger partial charge in [0.1, 0.15) is 5.76 Å². The second kappa shape index (κ2) is 5.74. The fourth-order valence-corrected chi connectivity index (χ4v) is 2.24. The molecule has 0 bridgehead atoms. The maximum Gasteiger partial charge on any atom is 0.344 e. The summed E-state index contributed by atoms with van der Waals surface area (Å²) in [4.78, 5) is 25.1. The van der Waals surface area contributed by atoms with Crippen molar-refractivity contribution in [1.82, 2.24) is 4.90 Å². The smallest absolute Gasteiger partial charge is 0.344 e. The van der Waals surface area contributed by atoms with Gasteiger partial charge in [0.05, 0.1) is 23.7 Å². The third-order valence-electron chi connectivity index (χ3n) is 2.55. The van der Waals surface area contributed by atoms with Crippen LogP contribution in [-0.2, 0) is 9.53 Å². The van der Waals surface area contributed by atoms with Crippen LogP contribution in [0.4, 0.5) is 0 Å². The van der Waals surface area contributed by atoms with Crippen molar-refractivity contribution in [2.45, 2.75) is 0 Å². The summed E-state index contributed by atoms with van der Waals surface area (Å²) < 4.78 is 5.17. The molecule has 0 saturated heterocycles. The zero-order chi connectivity index (χ0) is 14.0. The number of hydrogen-bond acceptors (Lipinski definition) is 4. The number of halogens is 2. The molecule has 1 aliphatic rings. The maximum absolute atomic E-state index is 11.9. The molecule has 1 aromatic carbocycles. The van der Waals surface area contributed by atoms with Crippen molar-refractivity contribution in [1.29, 1.82) is 0 Å². The molecular weight excluding hydrogens is 289 g/mol. The minimum Gasteiger partial charge on any atom is -0.426 e. The van der Waals surface area contributed by atoms with Crippen molar-refractivity contribution in [2.75, 3.05) is 20.1 Å². The highest BCUT2D eigenvalue weighted by Gasteiger charge is 2.20. The fourth-order valence-electron chi connectivity index (χ4n) is 1.75. The van der Waals surface area contributed by atoms with Gasteiger partial charge in [0.25, 0.3) is 0 Å². The Morgan fingerprint density at radius 1 is 1.32 bits per heavy atom. The van der Waals surface area contributed by atoms with Crippen molar-refractivity contribution in [3.05, 3.63) is 45.6 Å². The molecule has 0 radical (unpaired) electrons. The summed E-state index contributed by atoms with van der Waals surface area (Å²) in [5, 5.41) is 0.655. The normalized spacial score (nSPS) is 16.2. The van der Waals surface area contributed by atoms with Crippen LogP contribution >= 0.6 is 23.2 Å². The summed E-state index contributed by atoms with van der Waals surface area (Å²) in [6, 6.07) is 4.50. The number of carbonyl (C=O) groups is 2. The lowest BCUT2D eigenvalue weighted by Crippen LogP contribution is -2.32. The average molecular weight is 300 g/mol. The van der Waals surface area contributed by atoms with Crippen LogP contribution in [-0.4, -0.2) is 36.8 Å². The second-order valence-electron chi connectivity index (χ2n) is 4.26. The van der Waals surface area contributed by atoms with Gasteiger partial charge in [0.15, 0.2) is 5.78 Å². The highest BCUT2D eigenvalue weighted by Crippen LogP contribution is 2.22. The molecular formula is C13H11Cl2NO3. The number of likely N-dealkylation sites (N-methyl/N-ethyl adjacent to an activating group) is 1. The standard InChI is InChI=1S/C13H11Cl2NO3/c1-16-6-9(17)5-10(7-16)19-13(18)11-3-2-8(14)4-12(11)15/h2-5H,6-7H2,1H3. The van der Waals surface area contributed by atoms with E-state index in [-0.39, 0.29) is 16.4 Å². The van der Waals surface area contributed by atoms with E-state index in [0.717, 1.165) is 0 Å². The van der Waals surface area contributed by atoms with E-state index < -0.39 is 5.97 Å². The molecule has 0 amide bonds. The average Bonchev–Trinajstić information content (AvgIpc) is 2.26. The number of ketones is 1. The van der Waals surface area contributed by atoms with Gasteiger partial charge >= 0.3 is 5.97 Å². The Hall–Kier alpha value is -1.36. The van der Waals surface area contributed by atoms with Crippen molar-refractivity contribution in [3.8, 4) is 0 Å². The summed E-state index contributed by atoms with van der Waals surface area (Å²) in [6.07, 6.45) is 1.34. The van der Waals surface area contributed by atoms with Gasteiger partial charge < -0.3 is 4.74 Å².